The van der Waals surface area contributed by atoms with Crippen LogP contribution in [0.15, 0.2) is 66.0 Å². The number of hydrogen-bond acceptors (Lipinski definition) is 4. The molecule has 3 nitrogen and oxygen atoms in total. The molecule has 1 heterocycles. The van der Waals surface area contributed by atoms with Gasteiger partial charge in [0.15, 0.2) is 11.5 Å². The molecule has 136 valence electrons. The molecule has 0 spiro atoms. The zero-order valence-corrected chi connectivity index (χ0v) is 16.1. The van der Waals surface area contributed by atoms with Gasteiger partial charge in [-0.25, -0.2) is 0 Å². The minimum absolute atomic E-state index is 0.293. The van der Waals surface area contributed by atoms with Crippen LogP contribution in [-0.4, -0.2) is 6.61 Å². The van der Waals surface area contributed by atoms with Crippen LogP contribution in [0.5, 0.6) is 11.5 Å². The second-order valence-electron chi connectivity index (χ2n) is 6.10. The SMILES string of the molecule is CCOc1cc(CNC(C)c2ccccc2)ccc1OCc1cccs1. The average molecular weight is 368 g/mol. The van der Waals surface area contributed by atoms with Crippen molar-refractivity contribution < 1.29 is 9.47 Å². The number of thiophene rings is 1. The Hall–Kier alpha value is -2.30. The summed E-state index contributed by atoms with van der Waals surface area (Å²) in [5.41, 5.74) is 2.47. The van der Waals surface area contributed by atoms with Gasteiger partial charge in [0.05, 0.1) is 6.61 Å². The van der Waals surface area contributed by atoms with Gasteiger partial charge in [0, 0.05) is 17.5 Å². The molecule has 3 rings (SSSR count). The minimum Gasteiger partial charge on any atom is -0.490 e. The predicted octanol–water partition coefficient (Wildman–Crippen LogP) is 5.58. The van der Waals surface area contributed by atoms with Crippen LogP contribution in [0.3, 0.4) is 0 Å². The lowest BCUT2D eigenvalue weighted by Crippen LogP contribution is -2.18. The van der Waals surface area contributed by atoms with E-state index >= 15 is 0 Å². The highest BCUT2D eigenvalue weighted by molar-refractivity contribution is 7.09. The fraction of sp³-hybridized carbons (Fsp3) is 0.273. The first-order chi connectivity index (χ1) is 12.8. The van der Waals surface area contributed by atoms with Gasteiger partial charge in [-0.2, -0.15) is 0 Å². The number of ether oxygens (including phenoxy) is 2. The van der Waals surface area contributed by atoms with Crippen molar-refractivity contribution in [3.05, 3.63) is 82.0 Å². The molecule has 0 bridgehead atoms. The number of rotatable bonds is 9. The van der Waals surface area contributed by atoms with Crippen molar-refractivity contribution in [2.24, 2.45) is 0 Å². The molecular weight excluding hydrogens is 342 g/mol. The Kier molecular flexibility index (Phi) is 6.69. The lowest BCUT2D eigenvalue weighted by atomic mass is 10.1. The van der Waals surface area contributed by atoms with Crippen LogP contribution in [-0.2, 0) is 13.2 Å². The van der Waals surface area contributed by atoms with E-state index in [1.54, 1.807) is 11.3 Å². The Balaban J connectivity index is 1.63. The topological polar surface area (TPSA) is 30.5 Å². The molecule has 0 radical (unpaired) electrons. The largest absolute Gasteiger partial charge is 0.490 e. The summed E-state index contributed by atoms with van der Waals surface area (Å²) in [5.74, 6) is 1.59. The van der Waals surface area contributed by atoms with Crippen molar-refractivity contribution in [3.8, 4) is 11.5 Å². The maximum absolute atomic E-state index is 5.95. The first-order valence-corrected chi connectivity index (χ1v) is 9.83. The van der Waals surface area contributed by atoms with Crippen LogP contribution in [0.4, 0.5) is 0 Å². The van der Waals surface area contributed by atoms with E-state index in [-0.39, 0.29) is 0 Å². The summed E-state index contributed by atoms with van der Waals surface area (Å²) < 4.78 is 11.7. The first-order valence-electron chi connectivity index (χ1n) is 8.95. The fourth-order valence-corrected chi connectivity index (χ4v) is 3.34. The Morgan fingerprint density at radius 2 is 1.81 bits per heavy atom. The highest BCUT2D eigenvalue weighted by Gasteiger charge is 2.09. The van der Waals surface area contributed by atoms with Gasteiger partial charge in [0.1, 0.15) is 6.61 Å². The van der Waals surface area contributed by atoms with Gasteiger partial charge in [0.25, 0.3) is 0 Å². The van der Waals surface area contributed by atoms with Gasteiger partial charge in [-0.15, -0.1) is 11.3 Å². The highest BCUT2D eigenvalue weighted by atomic mass is 32.1. The normalized spacial score (nSPS) is 11.9. The van der Waals surface area contributed by atoms with Crippen LogP contribution in [0.2, 0.25) is 0 Å². The van der Waals surface area contributed by atoms with E-state index in [1.807, 2.05) is 25.1 Å². The second-order valence-corrected chi connectivity index (χ2v) is 7.13. The summed E-state index contributed by atoms with van der Waals surface area (Å²) >= 11 is 1.70. The van der Waals surface area contributed by atoms with Crippen LogP contribution in [0, 0.1) is 0 Å². The molecule has 0 saturated heterocycles. The lowest BCUT2D eigenvalue weighted by Gasteiger charge is -2.16. The number of hydrogen-bond donors (Lipinski definition) is 1. The molecule has 1 atom stereocenters. The summed E-state index contributed by atoms with van der Waals surface area (Å²) in [7, 11) is 0. The molecule has 0 amide bonds. The molecule has 0 saturated carbocycles. The monoisotopic (exact) mass is 367 g/mol. The van der Waals surface area contributed by atoms with Gasteiger partial charge < -0.3 is 14.8 Å². The zero-order chi connectivity index (χ0) is 18.2. The Morgan fingerprint density at radius 3 is 2.54 bits per heavy atom. The Morgan fingerprint density at radius 1 is 0.962 bits per heavy atom. The van der Waals surface area contributed by atoms with Crippen LogP contribution < -0.4 is 14.8 Å². The van der Waals surface area contributed by atoms with E-state index in [0.29, 0.717) is 19.3 Å². The zero-order valence-electron chi connectivity index (χ0n) is 15.3. The van der Waals surface area contributed by atoms with E-state index in [9.17, 15) is 0 Å². The average Bonchev–Trinajstić information content (AvgIpc) is 3.20. The fourth-order valence-electron chi connectivity index (χ4n) is 2.72. The van der Waals surface area contributed by atoms with Crippen molar-refractivity contribution in [2.75, 3.05) is 6.61 Å². The molecule has 0 aliphatic rings. The Bertz CT molecular complexity index is 787. The predicted molar refractivity (Wildman–Crippen MR) is 108 cm³/mol. The lowest BCUT2D eigenvalue weighted by molar-refractivity contribution is 0.271. The molecule has 0 aliphatic heterocycles. The van der Waals surface area contributed by atoms with Crippen molar-refractivity contribution in [3.63, 3.8) is 0 Å². The van der Waals surface area contributed by atoms with Crippen LogP contribution >= 0.6 is 11.3 Å². The molecule has 0 aliphatic carbocycles. The van der Waals surface area contributed by atoms with Crippen molar-refractivity contribution in [1.29, 1.82) is 0 Å². The minimum atomic E-state index is 0.293. The first kappa shape index (κ1) is 18.5. The molecule has 3 aromatic rings. The summed E-state index contributed by atoms with van der Waals surface area (Å²) in [5, 5.41) is 5.62. The van der Waals surface area contributed by atoms with Gasteiger partial charge in [0.2, 0.25) is 0 Å². The molecule has 1 N–H and O–H groups in total. The molecule has 1 unspecified atom stereocenters. The van der Waals surface area contributed by atoms with Crippen LogP contribution in [0.1, 0.15) is 35.9 Å². The van der Waals surface area contributed by atoms with E-state index < -0.39 is 0 Å². The van der Waals surface area contributed by atoms with Crippen molar-refractivity contribution >= 4 is 11.3 Å². The molecule has 4 heteroatoms. The van der Waals surface area contributed by atoms with Gasteiger partial charge in [-0.3, -0.25) is 0 Å². The molecule has 1 aromatic heterocycles. The number of benzene rings is 2. The van der Waals surface area contributed by atoms with Gasteiger partial charge >= 0.3 is 0 Å². The number of nitrogens with one attached hydrogen (secondary N) is 1. The van der Waals surface area contributed by atoms with Crippen molar-refractivity contribution in [2.45, 2.75) is 33.0 Å². The van der Waals surface area contributed by atoms with Crippen molar-refractivity contribution in [1.82, 2.24) is 5.32 Å². The third-order valence-corrected chi connectivity index (χ3v) is 5.02. The maximum Gasteiger partial charge on any atom is 0.161 e. The van der Waals surface area contributed by atoms with E-state index in [1.165, 1.54) is 16.0 Å². The standard InChI is InChI=1S/C22H25NO2S/c1-3-24-22-14-18(15-23-17(2)19-8-5-4-6-9-19)11-12-21(22)25-16-20-10-7-13-26-20/h4-14,17,23H,3,15-16H2,1-2H3. The summed E-state index contributed by atoms with van der Waals surface area (Å²) in [4.78, 5) is 1.20. The molecule has 2 aromatic carbocycles. The summed E-state index contributed by atoms with van der Waals surface area (Å²) in [6.07, 6.45) is 0. The molecule has 0 fully saturated rings. The van der Waals surface area contributed by atoms with E-state index in [2.05, 4.69) is 60.1 Å². The Labute approximate surface area is 159 Å². The summed E-state index contributed by atoms with van der Waals surface area (Å²) in [6.45, 7) is 6.14. The van der Waals surface area contributed by atoms with E-state index in [4.69, 9.17) is 9.47 Å². The van der Waals surface area contributed by atoms with Gasteiger partial charge in [-0.05, 0) is 48.6 Å². The third-order valence-electron chi connectivity index (χ3n) is 4.17. The second kappa shape index (κ2) is 9.41. The smallest absolute Gasteiger partial charge is 0.161 e. The molecular formula is C22H25NO2S. The van der Waals surface area contributed by atoms with Gasteiger partial charge in [-0.1, -0.05) is 42.5 Å². The summed E-state index contributed by atoms with van der Waals surface area (Å²) in [6, 6.07) is 21.0. The van der Waals surface area contributed by atoms with E-state index in [0.717, 1.165) is 18.0 Å². The maximum atomic E-state index is 5.95. The molecule has 26 heavy (non-hydrogen) atoms. The van der Waals surface area contributed by atoms with Crippen LogP contribution in [0.25, 0.3) is 0 Å². The third kappa shape index (κ3) is 5.10. The quantitative estimate of drug-likeness (QED) is 0.536. The highest BCUT2D eigenvalue weighted by Crippen LogP contribution is 2.30.